The van der Waals surface area contributed by atoms with Gasteiger partial charge in [-0.15, -0.1) is 0 Å². The van der Waals surface area contributed by atoms with E-state index in [1.807, 2.05) is 0 Å². The first-order chi connectivity index (χ1) is 7.92. The molecule has 0 amide bonds. The van der Waals surface area contributed by atoms with Crippen molar-refractivity contribution in [1.82, 2.24) is 15.5 Å². The van der Waals surface area contributed by atoms with Crippen molar-refractivity contribution in [1.29, 1.82) is 0 Å². The maximum Gasteiger partial charge on any atom is 0.244 e. The lowest BCUT2D eigenvalue weighted by Gasteiger charge is -2.13. The molecule has 3 fully saturated rings. The first kappa shape index (κ1) is 9.16. The minimum absolute atomic E-state index is 0.340. The first-order valence-electron chi connectivity index (χ1n) is 6.49. The molecule has 4 heteroatoms. The lowest BCUT2D eigenvalue weighted by Crippen LogP contribution is -2.18. The highest BCUT2D eigenvalue weighted by Crippen LogP contribution is 2.45. The van der Waals surface area contributed by atoms with Gasteiger partial charge in [-0.1, -0.05) is 11.6 Å². The fourth-order valence-electron chi connectivity index (χ4n) is 3.34. The summed E-state index contributed by atoms with van der Waals surface area (Å²) >= 11 is 0. The van der Waals surface area contributed by atoms with Gasteiger partial charge in [-0.3, -0.25) is 0 Å². The number of fused-ring (bicyclic) bond motifs is 1. The third-order valence-electron chi connectivity index (χ3n) is 4.41. The summed E-state index contributed by atoms with van der Waals surface area (Å²) in [6.07, 6.45) is 6.55. The Morgan fingerprint density at radius 2 is 2.12 bits per heavy atom. The molecule has 1 aromatic heterocycles. The molecule has 0 radical (unpaired) electrons. The highest BCUT2D eigenvalue weighted by molar-refractivity contribution is 5.08. The molecular formula is C12H17N3O. The standard InChI is InChI=1S/C12H17N3O/c1-2-8-6-13-10(9(8)3-1)12-14-11(15-16-12)7-4-5-7/h7-10,13H,1-6H2. The van der Waals surface area contributed by atoms with E-state index < -0.39 is 0 Å². The van der Waals surface area contributed by atoms with Crippen LogP contribution in [0.5, 0.6) is 0 Å². The zero-order valence-corrected chi connectivity index (χ0v) is 9.35. The lowest BCUT2D eigenvalue weighted by molar-refractivity contribution is 0.300. The molecule has 16 heavy (non-hydrogen) atoms. The summed E-state index contributed by atoms with van der Waals surface area (Å²) in [7, 11) is 0. The van der Waals surface area contributed by atoms with E-state index in [1.165, 1.54) is 32.1 Å². The van der Waals surface area contributed by atoms with Gasteiger partial charge in [-0.2, -0.15) is 4.98 Å². The minimum Gasteiger partial charge on any atom is -0.338 e. The average Bonchev–Trinajstić information content (AvgIpc) is 2.76. The van der Waals surface area contributed by atoms with Crippen LogP contribution in [0.4, 0.5) is 0 Å². The van der Waals surface area contributed by atoms with Crippen LogP contribution in [0.3, 0.4) is 0 Å². The van der Waals surface area contributed by atoms with Gasteiger partial charge in [0.1, 0.15) is 0 Å². The van der Waals surface area contributed by atoms with E-state index in [0.29, 0.717) is 12.0 Å². The van der Waals surface area contributed by atoms with Gasteiger partial charge in [-0.05, 0) is 44.1 Å². The van der Waals surface area contributed by atoms with Crippen LogP contribution in [-0.2, 0) is 0 Å². The molecule has 0 aromatic carbocycles. The van der Waals surface area contributed by atoms with Crippen LogP contribution >= 0.6 is 0 Å². The number of nitrogens with zero attached hydrogens (tertiary/aromatic N) is 2. The van der Waals surface area contributed by atoms with Gasteiger partial charge in [0.25, 0.3) is 0 Å². The summed E-state index contributed by atoms with van der Waals surface area (Å²) in [4.78, 5) is 4.57. The second-order valence-corrected chi connectivity index (χ2v) is 5.51. The van der Waals surface area contributed by atoms with Crippen molar-refractivity contribution in [3.05, 3.63) is 11.7 Å². The molecule has 4 rings (SSSR count). The van der Waals surface area contributed by atoms with E-state index >= 15 is 0 Å². The van der Waals surface area contributed by atoms with Crippen molar-refractivity contribution in [3.63, 3.8) is 0 Å². The Hall–Kier alpha value is -0.900. The van der Waals surface area contributed by atoms with Crippen LogP contribution in [0.2, 0.25) is 0 Å². The summed E-state index contributed by atoms with van der Waals surface area (Å²) in [6, 6.07) is 0.340. The van der Waals surface area contributed by atoms with Crippen molar-refractivity contribution in [2.45, 2.75) is 44.1 Å². The van der Waals surface area contributed by atoms with E-state index in [9.17, 15) is 0 Å². The minimum atomic E-state index is 0.340. The van der Waals surface area contributed by atoms with Gasteiger partial charge >= 0.3 is 0 Å². The van der Waals surface area contributed by atoms with E-state index in [4.69, 9.17) is 4.52 Å². The lowest BCUT2D eigenvalue weighted by atomic mass is 9.94. The van der Waals surface area contributed by atoms with Gasteiger partial charge in [-0.25, -0.2) is 0 Å². The summed E-state index contributed by atoms with van der Waals surface area (Å²) in [5, 5.41) is 7.66. The molecule has 0 spiro atoms. The predicted molar refractivity (Wildman–Crippen MR) is 57.8 cm³/mol. The fourth-order valence-corrected chi connectivity index (χ4v) is 3.34. The highest BCUT2D eigenvalue weighted by Gasteiger charge is 2.42. The average molecular weight is 219 g/mol. The van der Waals surface area contributed by atoms with Crippen LogP contribution < -0.4 is 5.32 Å². The number of aromatic nitrogens is 2. The van der Waals surface area contributed by atoms with Gasteiger partial charge in [0.2, 0.25) is 5.89 Å². The fraction of sp³-hybridized carbons (Fsp3) is 0.833. The normalized spacial score (nSPS) is 37.9. The maximum absolute atomic E-state index is 5.43. The van der Waals surface area contributed by atoms with Gasteiger partial charge in [0, 0.05) is 5.92 Å². The highest BCUT2D eigenvalue weighted by atomic mass is 16.5. The van der Waals surface area contributed by atoms with E-state index in [-0.39, 0.29) is 0 Å². The van der Waals surface area contributed by atoms with Crippen molar-refractivity contribution < 1.29 is 4.52 Å². The van der Waals surface area contributed by atoms with E-state index in [0.717, 1.165) is 30.1 Å². The molecule has 2 saturated carbocycles. The van der Waals surface area contributed by atoms with Crippen molar-refractivity contribution in [2.75, 3.05) is 6.54 Å². The molecule has 2 aliphatic carbocycles. The third-order valence-corrected chi connectivity index (χ3v) is 4.41. The first-order valence-corrected chi connectivity index (χ1v) is 6.49. The monoisotopic (exact) mass is 219 g/mol. The molecule has 4 nitrogen and oxygen atoms in total. The number of rotatable bonds is 2. The summed E-state index contributed by atoms with van der Waals surface area (Å²) in [6.45, 7) is 1.14. The summed E-state index contributed by atoms with van der Waals surface area (Å²) in [5.41, 5.74) is 0. The Bertz CT molecular complexity index is 399. The molecule has 0 bridgehead atoms. The Balaban J connectivity index is 1.59. The van der Waals surface area contributed by atoms with Crippen LogP contribution in [0.1, 0.15) is 55.8 Å². The van der Waals surface area contributed by atoms with Gasteiger partial charge in [0.15, 0.2) is 5.82 Å². The summed E-state index contributed by atoms with van der Waals surface area (Å²) in [5.74, 6) is 3.97. The Labute approximate surface area is 94.8 Å². The molecule has 86 valence electrons. The van der Waals surface area contributed by atoms with Crippen molar-refractivity contribution in [3.8, 4) is 0 Å². The van der Waals surface area contributed by atoms with Crippen LogP contribution in [0.25, 0.3) is 0 Å². The second-order valence-electron chi connectivity index (χ2n) is 5.51. The number of hydrogen-bond acceptors (Lipinski definition) is 4. The summed E-state index contributed by atoms with van der Waals surface area (Å²) < 4.78 is 5.43. The quantitative estimate of drug-likeness (QED) is 0.826. The smallest absolute Gasteiger partial charge is 0.244 e. The Morgan fingerprint density at radius 3 is 3.00 bits per heavy atom. The van der Waals surface area contributed by atoms with Crippen LogP contribution in [0.15, 0.2) is 4.52 Å². The zero-order valence-electron chi connectivity index (χ0n) is 9.35. The Morgan fingerprint density at radius 1 is 1.19 bits per heavy atom. The molecule has 2 heterocycles. The molecule has 1 N–H and O–H groups in total. The van der Waals surface area contributed by atoms with Gasteiger partial charge < -0.3 is 9.84 Å². The van der Waals surface area contributed by atoms with Crippen molar-refractivity contribution >= 4 is 0 Å². The van der Waals surface area contributed by atoms with Gasteiger partial charge in [0.05, 0.1) is 6.04 Å². The second kappa shape index (κ2) is 3.29. The van der Waals surface area contributed by atoms with E-state index in [1.54, 1.807) is 0 Å². The van der Waals surface area contributed by atoms with Crippen LogP contribution in [-0.4, -0.2) is 16.7 Å². The molecule has 3 atom stereocenters. The molecular weight excluding hydrogens is 202 g/mol. The number of nitrogens with one attached hydrogen (secondary N) is 1. The molecule has 3 aliphatic rings. The topological polar surface area (TPSA) is 51.0 Å². The zero-order chi connectivity index (χ0) is 10.5. The third kappa shape index (κ3) is 1.32. The Kier molecular flexibility index (Phi) is 1.89. The van der Waals surface area contributed by atoms with Crippen LogP contribution in [0, 0.1) is 11.8 Å². The molecule has 1 aliphatic heterocycles. The van der Waals surface area contributed by atoms with E-state index in [2.05, 4.69) is 15.5 Å². The molecule has 1 aromatic rings. The van der Waals surface area contributed by atoms with Crippen molar-refractivity contribution in [2.24, 2.45) is 11.8 Å². The largest absolute Gasteiger partial charge is 0.338 e. The number of hydrogen-bond donors (Lipinski definition) is 1. The molecule has 1 saturated heterocycles. The maximum atomic E-state index is 5.43. The SMILES string of the molecule is C1CC2CNC(c3nc(C4CC4)no3)C2C1. The molecule has 3 unspecified atom stereocenters. The predicted octanol–water partition coefficient (Wildman–Crippen LogP) is 2.01.